The highest BCUT2D eigenvalue weighted by Crippen LogP contribution is 2.27. The number of nitrogens with one attached hydrogen (secondary N) is 1. The van der Waals surface area contributed by atoms with Gasteiger partial charge in [0.1, 0.15) is 0 Å². The first-order chi connectivity index (χ1) is 10.2. The first-order valence-electron chi connectivity index (χ1n) is 7.50. The molecule has 0 amide bonds. The normalized spacial score (nSPS) is 15.0. The molecule has 1 unspecified atom stereocenters. The van der Waals surface area contributed by atoms with Gasteiger partial charge in [-0.25, -0.2) is 0 Å². The van der Waals surface area contributed by atoms with E-state index in [1.807, 2.05) is 18.2 Å². The molecule has 2 aromatic rings. The zero-order chi connectivity index (χ0) is 14.8. The summed E-state index contributed by atoms with van der Waals surface area (Å²) in [6.45, 7) is 2.10. The molecule has 1 aliphatic carbocycles. The number of rotatable bonds is 4. The Bertz CT molecular complexity index is 652. The predicted molar refractivity (Wildman–Crippen MR) is 88.4 cm³/mol. The van der Waals surface area contributed by atoms with E-state index in [1.54, 1.807) is 0 Å². The van der Waals surface area contributed by atoms with Crippen LogP contribution in [0.4, 0.5) is 0 Å². The van der Waals surface area contributed by atoms with Crippen LogP contribution in [-0.4, -0.2) is 0 Å². The van der Waals surface area contributed by atoms with Gasteiger partial charge in [0.15, 0.2) is 0 Å². The molecule has 1 atom stereocenters. The van der Waals surface area contributed by atoms with Gasteiger partial charge < -0.3 is 0 Å². The topological polar surface area (TPSA) is 38.0 Å². The van der Waals surface area contributed by atoms with Gasteiger partial charge >= 0.3 is 0 Å². The first-order valence-corrected chi connectivity index (χ1v) is 7.88. The molecule has 21 heavy (non-hydrogen) atoms. The summed E-state index contributed by atoms with van der Waals surface area (Å²) in [5.41, 5.74) is 9.67. The minimum absolute atomic E-state index is 0.0863. The van der Waals surface area contributed by atoms with E-state index in [0.29, 0.717) is 0 Å². The number of aryl methyl sites for hydroxylation is 3. The summed E-state index contributed by atoms with van der Waals surface area (Å²) >= 11 is 6.13. The standard InChI is InChI=1S/C18H21ClN2/c1-12-5-8-16(19)11-17(12)18(21-20)10-13-6-7-14-3-2-4-15(14)9-13/h5-9,11,18,21H,2-4,10,20H2,1H3. The largest absolute Gasteiger partial charge is 0.271 e. The quantitative estimate of drug-likeness (QED) is 0.664. The highest BCUT2D eigenvalue weighted by molar-refractivity contribution is 6.30. The highest BCUT2D eigenvalue weighted by atomic mass is 35.5. The molecule has 110 valence electrons. The number of halogens is 1. The third kappa shape index (κ3) is 3.13. The van der Waals surface area contributed by atoms with Crippen LogP contribution in [-0.2, 0) is 19.3 Å². The lowest BCUT2D eigenvalue weighted by molar-refractivity contribution is 0.549. The summed E-state index contributed by atoms with van der Waals surface area (Å²) in [4.78, 5) is 0. The molecule has 0 saturated carbocycles. The summed E-state index contributed by atoms with van der Waals surface area (Å²) < 4.78 is 0. The summed E-state index contributed by atoms with van der Waals surface area (Å²) in [6, 6.07) is 12.9. The van der Waals surface area contributed by atoms with Crippen LogP contribution in [0.2, 0.25) is 5.02 Å². The summed E-state index contributed by atoms with van der Waals surface area (Å²) in [6.07, 6.45) is 4.59. The average molecular weight is 301 g/mol. The van der Waals surface area contributed by atoms with Gasteiger partial charge in [-0.05, 0) is 72.6 Å². The maximum absolute atomic E-state index is 6.13. The highest BCUT2D eigenvalue weighted by Gasteiger charge is 2.16. The van der Waals surface area contributed by atoms with E-state index in [1.165, 1.54) is 47.1 Å². The number of benzene rings is 2. The minimum Gasteiger partial charge on any atom is -0.271 e. The van der Waals surface area contributed by atoms with Crippen LogP contribution in [0.5, 0.6) is 0 Å². The monoisotopic (exact) mass is 300 g/mol. The van der Waals surface area contributed by atoms with Gasteiger partial charge in [0.2, 0.25) is 0 Å². The second-order valence-electron chi connectivity index (χ2n) is 5.88. The van der Waals surface area contributed by atoms with E-state index in [-0.39, 0.29) is 6.04 Å². The minimum atomic E-state index is 0.0863. The molecular weight excluding hydrogens is 280 g/mol. The molecule has 2 aromatic carbocycles. The van der Waals surface area contributed by atoms with Gasteiger partial charge in [0.05, 0.1) is 6.04 Å². The van der Waals surface area contributed by atoms with Crippen LogP contribution in [0.25, 0.3) is 0 Å². The third-order valence-electron chi connectivity index (χ3n) is 4.42. The Morgan fingerprint density at radius 3 is 2.76 bits per heavy atom. The van der Waals surface area contributed by atoms with Gasteiger partial charge in [0.25, 0.3) is 0 Å². The molecule has 0 fully saturated rings. The summed E-state index contributed by atoms with van der Waals surface area (Å²) in [5.74, 6) is 5.79. The third-order valence-corrected chi connectivity index (χ3v) is 4.66. The van der Waals surface area contributed by atoms with Gasteiger partial charge in [-0.3, -0.25) is 11.3 Å². The predicted octanol–water partition coefficient (Wildman–Crippen LogP) is 3.88. The maximum atomic E-state index is 6.13. The molecule has 0 saturated heterocycles. The Kier molecular flexibility index (Phi) is 4.29. The Balaban J connectivity index is 1.86. The van der Waals surface area contributed by atoms with Gasteiger partial charge in [-0.2, -0.15) is 0 Å². The van der Waals surface area contributed by atoms with E-state index < -0.39 is 0 Å². The number of hydrogen-bond donors (Lipinski definition) is 2. The number of hydrogen-bond acceptors (Lipinski definition) is 2. The van der Waals surface area contributed by atoms with Crippen molar-refractivity contribution in [3.05, 3.63) is 69.2 Å². The van der Waals surface area contributed by atoms with Crippen LogP contribution in [0.3, 0.4) is 0 Å². The van der Waals surface area contributed by atoms with Crippen LogP contribution in [0, 0.1) is 6.92 Å². The van der Waals surface area contributed by atoms with E-state index in [4.69, 9.17) is 17.4 Å². The van der Waals surface area contributed by atoms with Crippen LogP contribution >= 0.6 is 11.6 Å². The molecule has 0 aliphatic heterocycles. The fourth-order valence-electron chi connectivity index (χ4n) is 3.23. The average Bonchev–Trinajstić information content (AvgIpc) is 2.95. The van der Waals surface area contributed by atoms with Crippen molar-refractivity contribution in [2.45, 2.75) is 38.6 Å². The van der Waals surface area contributed by atoms with Gasteiger partial charge in [-0.15, -0.1) is 0 Å². The lowest BCUT2D eigenvalue weighted by Crippen LogP contribution is -2.30. The number of hydrazine groups is 1. The molecule has 1 aliphatic rings. The molecule has 0 bridgehead atoms. The van der Waals surface area contributed by atoms with Crippen molar-refractivity contribution < 1.29 is 0 Å². The maximum Gasteiger partial charge on any atom is 0.0503 e. The fraction of sp³-hybridized carbons (Fsp3) is 0.333. The smallest absolute Gasteiger partial charge is 0.0503 e. The van der Waals surface area contributed by atoms with E-state index in [0.717, 1.165) is 11.4 Å². The Labute approximate surface area is 131 Å². The molecule has 0 heterocycles. The van der Waals surface area contributed by atoms with Crippen LogP contribution in [0.1, 0.15) is 40.3 Å². The van der Waals surface area contributed by atoms with Crippen molar-refractivity contribution in [3.63, 3.8) is 0 Å². The van der Waals surface area contributed by atoms with Crippen molar-refractivity contribution in [2.75, 3.05) is 0 Å². The molecule has 3 N–H and O–H groups in total. The zero-order valence-electron chi connectivity index (χ0n) is 12.3. The lowest BCUT2D eigenvalue weighted by Gasteiger charge is -2.19. The van der Waals surface area contributed by atoms with E-state index >= 15 is 0 Å². The SMILES string of the molecule is Cc1ccc(Cl)cc1C(Cc1ccc2c(c1)CCC2)NN. The van der Waals surface area contributed by atoms with Crippen molar-refractivity contribution in [3.8, 4) is 0 Å². The first kappa shape index (κ1) is 14.6. The van der Waals surface area contributed by atoms with Crippen molar-refractivity contribution in [1.82, 2.24) is 5.43 Å². The molecular formula is C18H21ClN2. The number of fused-ring (bicyclic) bond motifs is 1. The Morgan fingerprint density at radius 1 is 1.14 bits per heavy atom. The van der Waals surface area contributed by atoms with E-state index in [9.17, 15) is 0 Å². The molecule has 0 aromatic heterocycles. The molecule has 3 heteroatoms. The second-order valence-corrected chi connectivity index (χ2v) is 6.32. The van der Waals surface area contributed by atoms with Crippen molar-refractivity contribution in [2.24, 2.45) is 5.84 Å². The Morgan fingerprint density at radius 2 is 1.95 bits per heavy atom. The zero-order valence-corrected chi connectivity index (χ0v) is 13.1. The van der Waals surface area contributed by atoms with Gasteiger partial charge in [0, 0.05) is 5.02 Å². The molecule has 0 spiro atoms. The van der Waals surface area contributed by atoms with Gasteiger partial charge in [-0.1, -0.05) is 35.9 Å². The summed E-state index contributed by atoms with van der Waals surface area (Å²) in [5, 5.41) is 0.754. The number of nitrogens with two attached hydrogens (primary N) is 1. The van der Waals surface area contributed by atoms with Crippen molar-refractivity contribution in [1.29, 1.82) is 0 Å². The fourth-order valence-corrected chi connectivity index (χ4v) is 3.41. The molecule has 2 nitrogen and oxygen atoms in total. The Hall–Kier alpha value is -1.35. The molecule has 0 radical (unpaired) electrons. The van der Waals surface area contributed by atoms with Crippen LogP contribution < -0.4 is 11.3 Å². The van der Waals surface area contributed by atoms with Crippen molar-refractivity contribution >= 4 is 11.6 Å². The molecule has 3 rings (SSSR count). The van der Waals surface area contributed by atoms with Crippen LogP contribution in [0.15, 0.2) is 36.4 Å². The second kappa shape index (κ2) is 6.18. The summed E-state index contributed by atoms with van der Waals surface area (Å²) in [7, 11) is 0. The van der Waals surface area contributed by atoms with E-state index in [2.05, 4.69) is 30.5 Å². The lowest BCUT2D eigenvalue weighted by atomic mass is 9.94.